The van der Waals surface area contributed by atoms with Crippen LogP contribution < -0.4 is 0 Å². The van der Waals surface area contributed by atoms with Gasteiger partial charge in [0.25, 0.3) is 0 Å². The molecule has 0 aliphatic carbocycles. The highest BCUT2D eigenvalue weighted by Crippen LogP contribution is 2.16. The average Bonchev–Trinajstić information content (AvgIpc) is 3.28. The van der Waals surface area contributed by atoms with Crippen molar-refractivity contribution in [1.29, 1.82) is 0 Å². The molecule has 7 heteroatoms. The number of esters is 1. The normalized spacial score (nSPS) is 10.7. The van der Waals surface area contributed by atoms with Crippen molar-refractivity contribution in [1.82, 2.24) is 19.3 Å². The molecule has 0 aromatic carbocycles. The first-order valence-corrected chi connectivity index (χ1v) is 8.34. The number of aryl methyl sites for hydroxylation is 1. The van der Waals surface area contributed by atoms with Gasteiger partial charge in [0.1, 0.15) is 0 Å². The zero-order valence-corrected chi connectivity index (χ0v) is 15.0. The molecule has 3 rings (SSSR count). The van der Waals surface area contributed by atoms with Gasteiger partial charge in [-0.1, -0.05) is 0 Å². The number of aromatic nitrogens is 4. The summed E-state index contributed by atoms with van der Waals surface area (Å²) in [6.07, 6.45) is 4.81. The maximum atomic E-state index is 12.4. The SMILES string of the molecule is CCn1c(C)cc(C(=O)COC(=O)c2ccc(-n3cccn3)nc2)c1C. The molecule has 0 spiro atoms. The van der Waals surface area contributed by atoms with Gasteiger partial charge in [-0.15, -0.1) is 0 Å². The number of pyridine rings is 1. The number of nitrogens with zero attached hydrogens (tertiary/aromatic N) is 4. The quantitative estimate of drug-likeness (QED) is 0.503. The zero-order chi connectivity index (χ0) is 18.7. The van der Waals surface area contributed by atoms with E-state index < -0.39 is 5.97 Å². The Hall–Kier alpha value is -3.22. The second-order valence-corrected chi connectivity index (χ2v) is 5.88. The highest BCUT2D eigenvalue weighted by atomic mass is 16.5. The number of rotatable bonds is 6. The maximum absolute atomic E-state index is 12.4. The Bertz CT molecular complexity index is 925. The third kappa shape index (κ3) is 3.42. The van der Waals surface area contributed by atoms with Gasteiger partial charge < -0.3 is 9.30 Å². The molecule has 0 saturated carbocycles. The van der Waals surface area contributed by atoms with Crippen molar-refractivity contribution in [2.45, 2.75) is 27.3 Å². The van der Waals surface area contributed by atoms with E-state index in [2.05, 4.69) is 10.1 Å². The first kappa shape index (κ1) is 17.6. The van der Waals surface area contributed by atoms with E-state index in [4.69, 9.17) is 4.74 Å². The lowest BCUT2D eigenvalue weighted by Gasteiger charge is -2.07. The van der Waals surface area contributed by atoms with E-state index in [9.17, 15) is 9.59 Å². The van der Waals surface area contributed by atoms with E-state index in [0.717, 1.165) is 17.9 Å². The van der Waals surface area contributed by atoms with Crippen molar-refractivity contribution < 1.29 is 14.3 Å². The Morgan fingerprint density at radius 3 is 2.62 bits per heavy atom. The topological polar surface area (TPSA) is 79.0 Å². The van der Waals surface area contributed by atoms with Gasteiger partial charge >= 0.3 is 5.97 Å². The Morgan fingerprint density at radius 2 is 2.04 bits per heavy atom. The Morgan fingerprint density at radius 1 is 1.23 bits per heavy atom. The molecule has 0 N–H and O–H groups in total. The number of ether oxygens (including phenoxy) is 1. The summed E-state index contributed by atoms with van der Waals surface area (Å²) in [4.78, 5) is 28.7. The summed E-state index contributed by atoms with van der Waals surface area (Å²) in [5.41, 5.74) is 2.77. The van der Waals surface area contributed by atoms with Gasteiger partial charge in [-0.3, -0.25) is 4.79 Å². The Kier molecular flexibility index (Phi) is 4.97. The fourth-order valence-corrected chi connectivity index (χ4v) is 2.91. The fourth-order valence-electron chi connectivity index (χ4n) is 2.91. The van der Waals surface area contributed by atoms with Crippen LogP contribution in [0.1, 0.15) is 39.0 Å². The number of Topliss-reactive ketones (excluding diaryl/α,β-unsaturated/α-hetero) is 1. The van der Waals surface area contributed by atoms with Crippen LogP contribution in [0.4, 0.5) is 0 Å². The first-order valence-electron chi connectivity index (χ1n) is 8.34. The molecule has 0 amide bonds. The summed E-state index contributed by atoms with van der Waals surface area (Å²) in [5, 5.41) is 4.07. The summed E-state index contributed by atoms with van der Waals surface area (Å²) in [6, 6.07) is 6.88. The molecule has 26 heavy (non-hydrogen) atoms. The van der Waals surface area contributed by atoms with Gasteiger partial charge in [0.2, 0.25) is 5.78 Å². The molecular formula is C19H20N4O3. The van der Waals surface area contributed by atoms with Crippen molar-refractivity contribution in [3.8, 4) is 5.82 Å². The first-order chi connectivity index (χ1) is 12.5. The van der Waals surface area contributed by atoms with Crippen LogP contribution in [0.15, 0.2) is 42.9 Å². The van der Waals surface area contributed by atoms with Crippen LogP contribution in [0.25, 0.3) is 5.82 Å². The molecule has 3 heterocycles. The Balaban J connectivity index is 1.64. The van der Waals surface area contributed by atoms with E-state index in [0.29, 0.717) is 11.4 Å². The summed E-state index contributed by atoms with van der Waals surface area (Å²) >= 11 is 0. The molecule has 0 bridgehead atoms. The molecule has 7 nitrogen and oxygen atoms in total. The standard InChI is InChI=1S/C19H20N4O3/c1-4-22-13(2)10-16(14(22)3)17(24)12-26-19(25)15-6-7-18(20-11-15)23-9-5-8-21-23/h5-11H,4,12H2,1-3H3. The largest absolute Gasteiger partial charge is 0.454 e. The molecule has 0 saturated heterocycles. The van der Waals surface area contributed by atoms with Crippen molar-refractivity contribution in [2.24, 2.45) is 0 Å². The summed E-state index contributed by atoms with van der Waals surface area (Å²) in [7, 11) is 0. The monoisotopic (exact) mass is 352 g/mol. The summed E-state index contributed by atoms with van der Waals surface area (Å²) in [6.45, 7) is 6.36. The van der Waals surface area contributed by atoms with Gasteiger partial charge in [-0.2, -0.15) is 5.10 Å². The second-order valence-electron chi connectivity index (χ2n) is 5.88. The van der Waals surface area contributed by atoms with Gasteiger partial charge in [-0.25, -0.2) is 14.5 Å². The predicted molar refractivity (Wildman–Crippen MR) is 95.6 cm³/mol. The molecular weight excluding hydrogens is 332 g/mol. The van der Waals surface area contributed by atoms with E-state index in [1.54, 1.807) is 35.3 Å². The van der Waals surface area contributed by atoms with E-state index in [1.807, 2.05) is 31.4 Å². The van der Waals surface area contributed by atoms with E-state index in [1.165, 1.54) is 6.20 Å². The minimum Gasteiger partial charge on any atom is -0.454 e. The molecule has 0 fully saturated rings. The number of hydrogen-bond donors (Lipinski definition) is 0. The van der Waals surface area contributed by atoms with Gasteiger partial charge in [-0.05, 0) is 45.0 Å². The van der Waals surface area contributed by atoms with Crippen LogP contribution in [0.2, 0.25) is 0 Å². The third-order valence-corrected chi connectivity index (χ3v) is 4.25. The molecule has 3 aromatic heterocycles. The number of ketones is 1. The molecule has 0 atom stereocenters. The van der Waals surface area contributed by atoms with Crippen LogP contribution in [0.3, 0.4) is 0 Å². The fraction of sp³-hybridized carbons (Fsp3) is 0.263. The second kappa shape index (κ2) is 7.35. The van der Waals surface area contributed by atoms with E-state index >= 15 is 0 Å². The smallest absolute Gasteiger partial charge is 0.340 e. The zero-order valence-electron chi connectivity index (χ0n) is 15.0. The predicted octanol–water partition coefficient (Wildman–Crippen LogP) is 2.75. The molecule has 134 valence electrons. The van der Waals surface area contributed by atoms with Gasteiger partial charge in [0, 0.05) is 42.1 Å². The van der Waals surface area contributed by atoms with Gasteiger partial charge in [0.05, 0.1) is 5.56 Å². The number of hydrogen-bond acceptors (Lipinski definition) is 5. The van der Waals surface area contributed by atoms with Crippen molar-refractivity contribution in [3.05, 3.63) is 65.4 Å². The third-order valence-electron chi connectivity index (χ3n) is 4.25. The highest BCUT2D eigenvalue weighted by molar-refractivity contribution is 6.00. The molecule has 3 aromatic rings. The van der Waals surface area contributed by atoms with E-state index in [-0.39, 0.29) is 18.0 Å². The highest BCUT2D eigenvalue weighted by Gasteiger charge is 2.17. The van der Waals surface area contributed by atoms with Gasteiger partial charge in [0.15, 0.2) is 12.4 Å². The molecule has 0 aliphatic rings. The lowest BCUT2D eigenvalue weighted by Crippen LogP contribution is -2.15. The number of carbonyl (C=O) groups is 2. The summed E-state index contributed by atoms with van der Waals surface area (Å²) < 4.78 is 8.79. The van der Waals surface area contributed by atoms with Crippen molar-refractivity contribution in [3.63, 3.8) is 0 Å². The van der Waals surface area contributed by atoms with Crippen LogP contribution in [-0.2, 0) is 11.3 Å². The number of carbonyl (C=O) groups excluding carboxylic acids is 2. The average molecular weight is 352 g/mol. The molecule has 0 radical (unpaired) electrons. The van der Waals surface area contributed by atoms with Crippen LogP contribution in [-0.4, -0.2) is 37.7 Å². The maximum Gasteiger partial charge on any atom is 0.340 e. The lowest BCUT2D eigenvalue weighted by atomic mass is 10.1. The van der Waals surface area contributed by atoms with Crippen LogP contribution >= 0.6 is 0 Å². The van der Waals surface area contributed by atoms with Crippen LogP contribution in [0, 0.1) is 13.8 Å². The minimum atomic E-state index is -0.581. The van der Waals surface area contributed by atoms with Crippen molar-refractivity contribution in [2.75, 3.05) is 6.61 Å². The minimum absolute atomic E-state index is 0.215. The lowest BCUT2D eigenvalue weighted by molar-refractivity contribution is 0.0474. The molecule has 0 aliphatic heterocycles. The molecule has 0 unspecified atom stereocenters. The Labute approximate surface area is 151 Å². The summed E-state index contributed by atoms with van der Waals surface area (Å²) in [5.74, 6) is -0.205. The van der Waals surface area contributed by atoms with Crippen LogP contribution in [0.5, 0.6) is 0 Å². The van der Waals surface area contributed by atoms with Crippen molar-refractivity contribution >= 4 is 11.8 Å².